The van der Waals surface area contributed by atoms with E-state index in [0.717, 1.165) is 16.4 Å². The molecule has 1 aliphatic rings. The van der Waals surface area contributed by atoms with Crippen LogP contribution in [0, 0.1) is 5.82 Å². The summed E-state index contributed by atoms with van der Waals surface area (Å²) < 4.78 is 63.7. The van der Waals surface area contributed by atoms with Crippen LogP contribution in [0.2, 0.25) is 0 Å². The molecular weight excluding hydrogens is 421 g/mol. The summed E-state index contributed by atoms with van der Waals surface area (Å²) in [5.74, 6) is -0.582. The van der Waals surface area contributed by atoms with Gasteiger partial charge in [-0.05, 0) is 43.5 Å². The maximum atomic E-state index is 13.0. The Kier molecular flexibility index (Phi) is 7.77. The van der Waals surface area contributed by atoms with Crippen molar-refractivity contribution in [2.75, 3.05) is 40.0 Å². The van der Waals surface area contributed by atoms with E-state index in [0.29, 0.717) is 32.4 Å². The average molecular weight is 450 g/mol. The van der Waals surface area contributed by atoms with E-state index in [9.17, 15) is 26.0 Å². The van der Waals surface area contributed by atoms with Gasteiger partial charge in [0.1, 0.15) is 5.82 Å². The van der Waals surface area contributed by atoms with Crippen molar-refractivity contribution in [1.82, 2.24) is 13.5 Å². The maximum absolute atomic E-state index is 13.0. The molecule has 1 amide bonds. The van der Waals surface area contributed by atoms with Crippen molar-refractivity contribution in [3.05, 3.63) is 30.1 Å². The van der Waals surface area contributed by atoms with Crippen molar-refractivity contribution in [2.45, 2.75) is 36.6 Å². The molecule has 1 aliphatic heterocycles. The van der Waals surface area contributed by atoms with Crippen molar-refractivity contribution in [3.8, 4) is 0 Å². The molecule has 0 N–H and O–H groups in total. The number of carbonyl (C=O) groups is 1. The van der Waals surface area contributed by atoms with Gasteiger partial charge in [-0.1, -0.05) is 0 Å². The molecule has 1 heterocycles. The molecule has 29 heavy (non-hydrogen) atoms. The highest BCUT2D eigenvalue weighted by Crippen LogP contribution is 2.19. The second-order valence-electron chi connectivity index (χ2n) is 7.28. The Morgan fingerprint density at radius 2 is 1.66 bits per heavy atom. The van der Waals surface area contributed by atoms with Crippen molar-refractivity contribution >= 4 is 26.0 Å². The first-order valence-corrected chi connectivity index (χ1v) is 12.6. The van der Waals surface area contributed by atoms with E-state index in [-0.39, 0.29) is 29.8 Å². The Labute approximate surface area is 172 Å². The number of amides is 1. The Morgan fingerprint density at radius 1 is 1.10 bits per heavy atom. The van der Waals surface area contributed by atoms with Crippen molar-refractivity contribution in [3.63, 3.8) is 0 Å². The Morgan fingerprint density at radius 3 is 2.17 bits per heavy atom. The average Bonchev–Trinajstić information content (AvgIpc) is 2.67. The zero-order valence-corrected chi connectivity index (χ0v) is 18.5. The van der Waals surface area contributed by atoms with Crippen LogP contribution in [0.5, 0.6) is 0 Å². The highest BCUT2D eigenvalue weighted by molar-refractivity contribution is 7.89. The number of halogens is 1. The lowest BCUT2D eigenvalue weighted by molar-refractivity contribution is -0.132. The van der Waals surface area contributed by atoms with Crippen LogP contribution in [0.3, 0.4) is 0 Å². The topological polar surface area (TPSA) is 95.1 Å². The SMILES string of the molecule is CN(C1CCN(C(=O)CCCN(C)S(=O)(=O)c2ccc(F)cc2)CC1)S(C)(=O)=O. The van der Waals surface area contributed by atoms with Crippen LogP contribution in [0.25, 0.3) is 0 Å². The number of likely N-dealkylation sites (tertiary alicyclic amines) is 1. The number of carbonyl (C=O) groups excluding carboxylic acids is 1. The number of nitrogens with zero attached hydrogens (tertiary/aromatic N) is 3. The van der Waals surface area contributed by atoms with Crippen molar-refractivity contribution in [1.29, 1.82) is 0 Å². The van der Waals surface area contributed by atoms with Gasteiger partial charge < -0.3 is 4.90 Å². The Bertz CT molecular complexity index is 911. The smallest absolute Gasteiger partial charge is 0.242 e. The predicted octanol–water partition coefficient (Wildman–Crippen LogP) is 1.11. The molecule has 0 atom stereocenters. The molecule has 11 heteroatoms. The van der Waals surface area contributed by atoms with E-state index in [4.69, 9.17) is 0 Å². The van der Waals surface area contributed by atoms with Crippen LogP contribution in [-0.4, -0.2) is 82.3 Å². The number of rotatable bonds is 8. The quantitative estimate of drug-likeness (QED) is 0.593. The van der Waals surface area contributed by atoms with E-state index in [1.165, 1.54) is 29.7 Å². The summed E-state index contributed by atoms with van der Waals surface area (Å²) in [5.41, 5.74) is 0. The fourth-order valence-electron chi connectivity index (χ4n) is 3.27. The predicted molar refractivity (Wildman–Crippen MR) is 108 cm³/mol. The summed E-state index contributed by atoms with van der Waals surface area (Å²) in [4.78, 5) is 14.1. The van der Waals surface area contributed by atoms with E-state index in [2.05, 4.69) is 0 Å². The first-order chi connectivity index (χ1) is 13.4. The normalized spacial score (nSPS) is 16.6. The zero-order valence-electron chi connectivity index (χ0n) is 16.9. The fraction of sp³-hybridized carbons (Fsp3) is 0.611. The summed E-state index contributed by atoms with van der Waals surface area (Å²) in [6, 6.07) is 4.50. The first kappa shape index (κ1) is 23.7. The number of sulfonamides is 2. The number of hydrogen-bond donors (Lipinski definition) is 0. The van der Waals surface area contributed by atoms with Gasteiger partial charge in [-0.25, -0.2) is 29.8 Å². The number of hydrogen-bond acceptors (Lipinski definition) is 5. The molecule has 0 aromatic heterocycles. The number of benzene rings is 1. The molecule has 1 aromatic rings. The van der Waals surface area contributed by atoms with Crippen LogP contribution in [0.4, 0.5) is 4.39 Å². The zero-order chi connectivity index (χ0) is 21.8. The summed E-state index contributed by atoms with van der Waals surface area (Å²) in [6.07, 6.45) is 2.89. The largest absolute Gasteiger partial charge is 0.343 e. The molecule has 2 rings (SSSR count). The van der Waals surface area contributed by atoms with Gasteiger partial charge in [0, 0.05) is 46.2 Å². The number of piperidine rings is 1. The molecule has 1 fully saturated rings. The molecule has 1 aromatic carbocycles. The van der Waals surface area contributed by atoms with Gasteiger partial charge in [0.15, 0.2) is 0 Å². The van der Waals surface area contributed by atoms with Gasteiger partial charge in [0.05, 0.1) is 11.2 Å². The molecule has 1 saturated heterocycles. The maximum Gasteiger partial charge on any atom is 0.242 e. The van der Waals surface area contributed by atoms with E-state index in [1.807, 2.05) is 0 Å². The minimum absolute atomic E-state index is 0.00444. The van der Waals surface area contributed by atoms with E-state index < -0.39 is 25.9 Å². The van der Waals surface area contributed by atoms with Crippen LogP contribution >= 0.6 is 0 Å². The van der Waals surface area contributed by atoms with Crippen molar-refractivity contribution in [2.24, 2.45) is 0 Å². The highest BCUT2D eigenvalue weighted by Gasteiger charge is 2.29. The molecule has 8 nitrogen and oxygen atoms in total. The van der Waals surface area contributed by atoms with E-state index in [1.54, 1.807) is 11.9 Å². The molecule has 0 saturated carbocycles. The summed E-state index contributed by atoms with van der Waals surface area (Å²) in [6.45, 7) is 1.12. The second kappa shape index (κ2) is 9.50. The lowest BCUT2D eigenvalue weighted by Gasteiger charge is -2.35. The van der Waals surface area contributed by atoms with Crippen LogP contribution in [0.1, 0.15) is 25.7 Å². The third-order valence-electron chi connectivity index (χ3n) is 5.24. The van der Waals surface area contributed by atoms with Gasteiger partial charge in [0.2, 0.25) is 26.0 Å². The Balaban J connectivity index is 1.80. The lowest BCUT2D eigenvalue weighted by Crippen LogP contribution is -2.47. The lowest BCUT2D eigenvalue weighted by atomic mass is 10.0. The summed E-state index contributed by atoms with van der Waals surface area (Å²) in [5, 5.41) is 0. The van der Waals surface area contributed by atoms with Gasteiger partial charge in [-0.2, -0.15) is 0 Å². The molecule has 0 unspecified atom stereocenters. The Hall–Kier alpha value is -1.56. The second-order valence-corrected chi connectivity index (χ2v) is 11.4. The monoisotopic (exact) mass is 449 g/mol. The standard InChI is InChI=1S/C18H28FN3O5S2/c1-20(29(26,27)17-8-6-15(19)7-9-17)12-4-5-18(23)22-13-10-16(11-14-22)21(2)28(3,24)25/h6-9,16H,4-5,10-14H2,1-3H3. The minimum Gasteiger partial charge on any atom is -0.343 e. The van der Waals surface area contributed by atoms with Crippen LogP contribution in [-0.2, 0) is 24.8 Å². The molecule has 164 valence electrons. The van der Waals surface area contributed by atoms with Gasteiger partial charge in [0.25, 0.3) is 0 Å². The molecule has 0 bridgehead atoms. The van der Waals surface area contributed by atoms with Crippen LogP contribution < -0.4 is 0 Å². The minimum atomic E-state index is -3.73. The van der Waals surface area contributed by atoms with E-state index >= 15 is 0 Å². The summed E-state index contributed by atoms with van der Waals surface area (Å²) >= 11 is 0. The summed E-state index contributed by atoms with van der Waals surface area (Å²) in [7, 11) is -4.01. The van der Waals surface area contributed by atoms with Crippen molar-refractivity contribution < 1.29 is 26.0 Å². The third kappa shape index (κ3) is 6.21. The first-order valence-electron chi connectivity index (χ1n) is 9.35. The van der Waals surface area contributed by atoms with Gasteiger partial charge in [-0.15, -0.1) is 0 Å². The fourth-order valence-corrected chi connectivity index (χ4v) is 5.23. The van der Waals surface area contributed by atoms with Crippen LogP contribution in [0.15, 0.2) is 29.2 Å². The van der Waals surface area contributed by atoms with Gasteiger partial charge in [-0.3, -0.25) is 4.79 Å². The molecule has 0 spiro atoms. The van der Waals surface area contributed by atoms with Gasteiger partial charge >= 0.3 is 0 Å². The highest BCUT2D eigenvalue weighted by atomic mass is 32.2. The molecular formula is C18H28FN3O5S2. The molecule has 0 radical (unpaired) electrons. The molecule has 0 aliphatic carbocycles. The third-order valence-corrected chi connectivity index (χ3v) is 8.46.